The summed E-state index contributed by atoms with van der Waals surface area (Å²) in [5, 5.41) is 0.552. The molecule has 1 aliphatic rings. The zero-order valence-electron chi connectivity index (χ0n) is 18.2. The van der Waals surface area contributed by atoms with E-state index in [0.717, 1.165) is 23.4 Å². The van der Waals surface area contributed by atoms with Crippen molar-refractivity contribution < 1.29 is 9.13 Å². The Morgan fingerprint density at radius 1 is 1.13 bits per heavy atom. The van der Waals surface area contributed by atoms with Gasteiger partial charge in [-0.2, -0.15) is 0 Å². The van der Waals surface area contributed by atoms with Crippen LogP contribution >= 0.6 is 11.6 Å². The molecule has 160 valence electrons. The van der Waals surface area contributed by atoms with Gasteiger partial charge >= 0.3 is 0 Å². The van der Waals surface area contributed by atoms with Gasteiger partial charge in [-0.05, 0) is 80.3 Å². The highest BCUT2D eigenvalue weighted by molar-refractivity contribution is 6.32. The van der Waals surface area contributed by atoms with Crippen molar-refractivity contribution in [2.45, 2.75) is 38.6 Å². The van der Waals surface area contributed by atoms with Crippen LogP contribution in [0.15, 0.2) is 65.7 Å². The van der Waals surface area contributed by atoms with E-state index in [4.69, 9.17) is 16.3 Å². The Morgan fingerprint density at radius 3 is 2.55 bits per heavy atom. The molecule has 0 aliphatic carbocycles. The van der Waals surface area contributed by atoms with Crippen molar-refractivity contribution in [3.05, 3.63) is 82.6 Å². The van der Waals surface area contributed by atoms with Crippen molar-refractivity contribution in [2.75, 3.05) is 11.9 Å². The lowest BCUT2D eigenvalue weighted by Crippen LogP contribution is -2.45. The van der Waals surface area contributed by atoms with Gasteiger partial charge in [-0.3, -0.25) is 4.99 Å². The molecule has 0 spiro atoms. The normalized spacial score (nSPS) is 17.6. The topological polar surface area (TPSA) is 24.8 Å². The second kappa shape index (κ2) is 8.35. The molecular weight excluding hydrogens is 411 g/mol. The summed E-state index contributed by atoms with van der Waals surface area (Å²) in [6, 6.07) is 18.2. The number of aliphatic imine (C=N–C) groups is 1. The molecule has 5 heteroatoms. The molecular formula is C26H26ClFN2O. The molecule has 0 radical (unpaired) electrons. The number of para-hydroxylation sites is 1. The van der Waals surface area contributed by atoms with Crippen molar-refractivity contribution >= 4 is 29.2 Å². The monoisotopic (exact) mass is 436 g/mol. The quantitative estimate of drug-likeness (QED) is 0.390. The number of nitrogens with zero attached hydrogens (tertiary/aromatic N) is 2. The molecule has 1 aliphatic heterocycles. The van der Waals surface area contributed by atoms with E-state index < -0.39 is 0 Å². The third kappa shape index (κ3) is 4.45. The molecule has 1 heterocycles. The van der Waals surface area contributed by atoms with Gasteiger partial charge in [0.1, 0.15) is 17.3 Å². The second-order valence-corrected chi connectivity index (χ2v) is 9.10. The van der Waals surface area contributed by atoms with E-state index in [1.807, 2.05) is 55.6 Å². The molecule has 3 aromatic carbocycles. The van der Waals surface area contributed by atoms with Crippen molar-refractivity contribution in [2.24, 2.45) is 4.99 Å². The molecule has 0 fully saturated rings. The van der Waals surface area contributed by atoms with Crippen LogP contribution in [0.5, 0.6) is 11.5 Å². The minimum atomic E-state index is -0.266. The van der Waals surface area contributed by atoms with Crippen molar-refractivity contribution in [1.29, 1.82) is 0 Å². The van der Waals surface area contributed by atoms with Gasteiger partial charge in [0.2, 0.25) is 0 Å². The highest BCUT2D eigenvalue weighted by atomic mass is 35.5. The third-order valence-electron chi connectivity index (χ3n) is 6.01. The maximum atomic E-state index is 14.8. The van der Waals surface area contributed by atoms with Gasteiger partial charge in [0.05, 0.1) is 10.7 Å². The summed E-state index contributed by atoms with van der Waals surface area (Å²) in [5.74, 6) is 1.35. The Hall–Kier alpha value is -2.85. The highest BCUT2D eigenvalue weighted by Gasteiger charge is 2.34. The Bertz CT molecular complexity index is 1120. The fourth-order valence-electron chi connectivity index (χ4n) is 4.10. The van der Waals surface area contributed by atoms with E-state index in [-0.39, 0.29) is 11.4 Å². The molecule has 1 unspecified atom stereocenters. The van der Waals surface area contributed by atoms with E-state index in [2.05, 4.69) is 30.7 Å². The SMILES string of the molecule is CC1CC(C)(C)N(C)c2cc(F)c(C=Nc3ccc(Oc4ccccc4Cl)cc3)cc21. The summed E-state index contributed by atoms with van der Waals surface area (Å²) < 4.78 is 20.6. The van der Waals surface area contributed by atoms with Gasteiger partial charge in [0.25, 0.3) is 0 Å². The number of hydrogen-bond donors (Lipinski definition) is 0. The first-order chi connectivity index (χ1) is 14.7. The minimum absolute atomic E-state index is 0.00224. The molecule has 3 nitrogen and oxygen atoms in total. The van der Waals surface area contributed by atoms with Gasteiger partial charge in [-0.1, -0.05) is 30.7 Å². The van der Waals surface area contributed by atoms with Crippen molar-refractivity contribution in [3.63, 3.8) is 0 Å². The van der Waals surface area contributed by atoms with E-state index in [9.17, 15) is 4.39 Å². The molecule has 0 amide bonds. The lowest BCUT2D eigenvalue weighted by Gasteiger charge is -2.45. The van der Waals surface area contributed by atoms with Crippen LogP contribution in [-0.2, 0) is 0 Å². The molecule has 3 aromatic rings. The van der Waals surface area contributed by atoms with Gasteiger partial charge in [-0.15, -0.1) is 0 Å². The highest BCUT2D eigenvalue weighted by Crippen LogP contribution is 2.43. The lowest BCUT2D eigenvalue weighted by molar-refractivity contribution is 0.394. The largest absolute Gasteiger partial charge is 0.456 e. The summed E-state index contributed by atoms with van der Waals surface area (Å²) in [6.45, 7) is 6.59. The van der Waals surface area contributed by atoms with Crippen LogP contribution in [0.2, 0.25) is 5.02 Å². The fraction of sp³-hybridized carbons (Fsp3) is 0.269. The zero-order chi connectivity index (χ0) is 22.2. The summed E-state index contributed by atoms with van der Waals surface area (Å²) in [5.41, 5.74) is 3.33. The van der Waals surface area contributed by atoms with Crippen LogP contribution in [0, 0.1) is 5.82 Å². The molecule has 31 heavy (non-hydrogen) atoms. The van der Waals surface area contributed by atoms with Crippen LogP contribution in [0.25, 0.3) is 0 Å². The number of benzene rings is 3. The molecule has 0 saturated carbocycles. The maximum absolute atomic E-state index is 14.8. The summed E-state index contributed by atoms with van der Waals surface area (Å²) in [4.78, 5) is 6.64. The lowest BCUT2D eigenvalue weighted by atomic mass is 9.80. The van der Waals surface area contributed by atoms with E-state index >= 15 is 0 Å². The zero-order valence-corrected chi connectivity index (χ0v) is 18.9. The number of anilines is 1. The standard InChI is InChI=1S/C26H26ClFN2O/c1-17-15-26(2,3)30(4)24-14-23(28)18(13-21(17)24)16-29-19-9-11-20(12-10-19)31-25-8-6-5-7-22(25)27/h5-14,16-17H,15H2,1-4H3. The first-order valence-electron chi connectivity index (χ1n) is 10.4. The number of fused-ring (bicyclic) bond motifs is 1. The van der Waals surface area contributed by atoms with E-state index in [1.54, 1.807) is 18.3 Å². The maximum Gasteiger partial charge on any atom is 0.146 e. The Labute approximate surface area is 188 Å². The average molecular weight is 437 g/mol. The molecule has 1 atom stereocenters. The van der Waals surface area contributed by atoms with Gasteiger partial charge < -0.3 is 9.64 Å². The second-order valence-electron chi connectivity index (χ2n) is 8.69. The Kier molecular flexibility index (Phi) is 5.76. The Balaban J connectivity index is 1.54. The van der Waals surface area contributed by atoms with E-state index in [0.29, 0.717) is 28.0 Å². The average Bonchev–Trinajstić information content (AvgIpc) is 2.73. The Morgan fingerprint density at radius 2 is 1.84 bits per heavy atom. The van der Waals surface area contributed by atoms with Crippen molar-refractivity contribution in [1.82, 2.24) is 0 Å². The number of ether oxygens (including phenoxy) is 1. The molecule has 0 N–H and O–H groups in total. The molecule has 0 aromatic heterocycles. The molecule has 0 bridgehead atoms. The van der Waals surface area contributed by atoms with Crippen LogP contribution in [0.4, 0.5) is 15.8 Å². The minimum Gasteiger partial charge on any atom is -0.456 e. The number of rotatable bonds is 4. The van der Waals surface area contributed by atoms with Crippen LogP contribution in [0.1, 0.15) is 44.2 Å². The van der Waals surface area contributed by atoms with Gasteiger partial charge in [0.15, 0.2) is 0 Å². The summed E-state index contributed by atoms with van der Waals surface area (Å²) >= 11 is 6.14. The fourth-order valence-corrected chi connectivity index (χ4v) is 4.28. The van der Waals surface area contributed by atoms with Crippen LogP contribution in [-0.4, -0.2) is 18.8 Å². The molecule has 4 rings (SSSR count). The van der Waals surface area contributed by atoms with E-state index in [1.165, 1.54) is 0 Å². The number of halogens is 2. The first-order valence-corrected chi connectivity index (χ1v) is 10.8. The summed E-state index contributed by atoms with van der Waals surface area (Å²) in [6.07, 6.45) is 2.61. The third-order valence-corrected chi connectivity index (χ3v) is 6.32. The predicted octanol–water partition coefficient (Wildman–Crippen LogP) is 7.74. The first kappa shape index (κ1) is 21.4. The smallest absolute Gasteiger partial charge is 0.146 e. The van der Waals surface area contributed by atoms with Crippen molar-refractivity contribution in [3.8, 4) is 11.5 Å². The number of hydrogen-bond acceptors (Lipinski definition) is 3. The predicted molar refractivity (Wildman–Crippen MR) is 127 cm³/mol. The van der Waals surface area contributed by atoms with Gasteiger partial charge in [-0.25, -0.2) is 4.39 Å². The van der Waals surface area contributed by atoms with Crippen LogP contribution < -0.4 is 9.64 Å². The van der Waals surface area contributed by atoms with Crippen LogP contribution in [0.3, 0.4) is 0 Å². The molecule has 0 saturated heterocycles. The van der Waals surface area contributed by atoms with Gasteiger partial charge in [0, 0.05) is 30.1 Å². The summed E-state index contributed by atoms with van der Waals surface area (Å²) in [7, 11) is 2.03.